The van der Waals surface area contributed by atoms with Crippen molar-refractivity contribution in [2.75, 3.05) is 18.0 Å². The molecule has 116 valence electrons. The van der Waals surface area contributed by atoms with Gasteiger partial charge in [0.1, 0.15) is 0 Å². The summed E-state index contributed by atoms with van der Waals surface area (Å²) >= 11 is 0. The molecule has 2 atom stereocenters. The van der Waals surface area contributed by atoms with Gasteiger partial charge in [-0.1, -0.05) is 25.0 Å². The van der Waals surface area contributed by atoms with Gasteiger partial charge in [-0.15, -0.1) is 0 Å². The Balaban J connectivity index is 1.86. The van der Waals surface area contributed by atoms with Gasteiger partial charge in [-0.2, -0.15) is 13.2 Å². The standard InChI is InChI=1S/C16H20F3NO/c17-16(18,19)13-6-1-2-7-14(13)20-10-9-15(21)8-4-3-5-12(15)11-20/h1-2,6-7,12,21H,3-5,8-11H2. The number of halogens is 3. The van der Waals surface area contributed by atoms with Crippen LogP contribution in [0.1, 0.15) is 37.7 Å². The summed E-state index contributed by atoms with van der Waals surface area (Å²) in [6.07, 6.45) is -0.0117. The molecule has 0 spiro atoms. The number of aliphatic hydroxyl groups is 1. The smallest absolute Gasteiger partial charge is 0.389 e. The maximum absolute atomic E-state index is 13.1. The van der Waals surface area contributed by atoms with Crippen LogP contribution in [0.3, 0.4) is 0 Å². The number of hydrogen-bond donors (Lipinski definition) is 1. The Bertz CT molecular complexity index is 516. The quantitative estimate of drug-likeness (QED) is 0.851. The van der Waals surface area contributed by atoms with Crippen molar-refractivity contribution in [3.8, 4) is 0 Å². The lowest BCUT2D eigenvalue weighted by Gasteiger charge is -2.48. The van der Waals surface area contributed by atoms with Crippen LogP contribution in [-0.4, -0.2) is 23.8 Å². The van der Waals surface area contributed by atoms with Gasteiger partial charge >= 0.3 is 6.18 Å². The first-order valence-electron chi connectivity index (χ1n) is 7.54. The minimum atomic E-state index is -4.34. The minimum absolute atomic E-state index is 0.0845. The molecule has 0 radical (unpaired) electrons. The number of anilines is 1. The molecule has 1 aromatic rings. The molecule has 2 unspecified atom stereocenters. The molecule has 0 amide bonds. The van der Waals surface area contributed by atoms with E-state index in [0.717, 1.165) is 31.7 Å². The topological polar surface area (TPSA) is 23.5 Å². The van der Waals surface area contributed by atoms with Crippen LogP contribution in [0, 0.1) is 5.92 Å². The number of fused-ring (bicyclic) bond motifs is 1. The van der Waals surface area contributed by atoms with Crippen LogP contribution >= 0.6 is 0 Å². The first-order chi connectivity index (χ1) is 9.90. The average Bonchev–Trinajstić information content (AvgIpc) is 2.45. The van der Waals surface area contributed by atoms with Crippen LogP contribution in [0.5, 0.6) is 0 Å². The van der Waals surface area contributed by atoms with Crippen LogP contribution in [0.25, 0.3) is 0 Å². The van der Waals surface area contributed by atoms with E-state index >= 15 is 0 Å². The second-order valence-electron chi connectivity index (χ2n) is 6.26. The summed E-state index contributed by atoms with van der Waals surface area (Å²) < 4.78 is 39.4. The molecular formula is C16H20F3NO. The number of rotatable bonds is 1. The summed E-state index contributed by atoms with van der Waals surface area (Å²) in [6, 6.07) is 5.74. The van der Waals surface area contributed by atoms with E-state index in [-0.39, 0.29) is 11.6 Å². The van der Waals surface area contributed by atoms with Gasteiger partial charge in [-0.3, -0.25) is 0 Å². The van der Waals surface area contributed by atoms with E-state index in [9.17, 15) is 18.3 Å². The Kier molecular flexibility index (Phi) is 3.64. The molecule has 2 nitrogen and oxygen atoms in total. The van der Waals surface area contributed by atoms with Crippen LogP contribution < -0.4 is 4.90 Å². The van der Waals surface area contributed by atoms with E-state index in [0.29, 0.717) is 19.5 Å². The number of hydrogen-bond acceptors (Lipinski definition) is 2. The molecule has 1 aromatic carbocycles. The Morgan fingerprint density at radius 1 is 1.14 bits per heavy atom. The summed E-state index contributed by atoms with van der Waals surface area (Å²) in [5, 5.41) is 10.6. The Morgan fingerprint density at radius 2 is 1.90 bits per heavy atom. The van der Waals surface area contributed by atoms with Gasteiger partial charge in [0.25, 0.3) is 0 Å². The number of alkyl halides is 3. The van der Waals surface area contributed by atoms with Gasteiger partial charge < -0.3 is 10.0 Å². The van der Waals surface area contributed by atoms with Crippen molar-refractivity contribution in [2.45, 2.75) is 43.9 Å². The Hall–Kier alpha value is -1.23. The average molecular weight is 299 g/mol. The zero-order valence-corrected chi connectivity index (χ0v) is 11.9. The van der Waals surface area contributed by atoms with E-state index in [1.54, 1.807) is 11.0 Å². The minimum Gasteiger partial charge on any atom is -0.389 e. The van der Waals surface area contributed by atoms with Crippen molar-refractivity contribution < 1.29 is 18.3 Å². The highest BCUT2D eigenvalue weighted by Crippen LogP contribution is 2.43. The summed E-state index contributed by atoms with van der Waals surface area (Å²) in [7, 11) is 0. The predicted molar refractivity (Wildman–Crippen MR) is 75.2 cm³/mol. The molecular weight excluding hydrogens is 279 g/mol. The van der Waals surface area contributed by atoms with E-state index in [1.165, 1.54) is 12.1 Å². The maximum Gasteiger partial charge on any atom is 0.418 e. The third-order valence-corrected chi connectivity index (χ3v) is 4.98. The predicted octanol–water partition coefficient (Wildman–Crippen LogP) is 3.84. The summed E-state index contributed by atoms with van der Waals surface area (Å²) in [4.78, 5) is 1.80. The lowest BCUT2D eigenvalue weighted by atomic mass is 9.71. The van der Waals surface area contributed by atoms with E-state index < -0.39 is 17.3 Å². The van der Waals surface area contributed by atoms with Crippen molar-refractivity contribution in [2.24, 2.45) is 5.92 Å². The first kappa shape index (κ1) is 14.7. The Morgan fingerprint density at radius 3 is 2.67 bits per heavy atom. The van der Waals surface area contributed by atoms with Crippen LogP contribution in [0.2, 0.25) is 0 Å². The van der Waals surface area contributed by atoms with Crippen LogP contribution in [0.4, 0.5) is 18.9 Å². The number of para-hydroxylation sites is 1. The molecule has 3 rings (SSSR count). The highest BCUT2D eigenvalue weighted by molar-refractivity contribution is 5.55. The fourth-order valence-corrected chi connectivity index (χ4v) is 3.78. The molecule has 1 aliphatic heterocycles. The number of nitrogens with zero attached hydrogens (tertiary/aromatic N) is 1. The van der Waals surface area contributed by atoms with Gasteiger partial charge in [-0.25, -0.2) is 0 Å². The van der Waals surface area contributed by atoms with Crippen molar-refractivity contribution in [3.05, 3.63) is 29.8 Å². The van der Waals surface area contributed by atoms with E-state index in [1.807, 2.05) is 0 Å². The molecule has 2 aliphatic rings. The highest BCUT2D eigenvalue weighted by atomic mass is 19.4. The van der Waals surface area contributed by atoms with E-state index in [4.69, 9.17) is 0 Å². The van der Waals surface area contributed by atoms with Gasteiger partial charge in [0.2, 0.25) is 0 Å². The maximum atomic E-state index is 13.1. The second-order valence-corrected chi connectivity index (χ2v) is 6.26. The fourth-order valence-electron chi connectivity index (χ4n) is 3.78. The molecule has 1 N–H and O–H groups in total. The molecule has 1 heterocycles. The van der Waals surface area contributed by atoms with Crippen molar-refractivity contribution in [1.29, 1.82) is 0 Å². The summed E-state index contributed by atoms with van der Waals surface area (Å²) in [5.74, 6) is 0.0845. The Labute approximate surface area is 122 Å². The zero-order valence-electron chi connectivity index (χ0n) is 11.9. The number of piperidine rings is 1. The molecule has 1 saturated carbocycles. The zero-order chi connectivity index (χ0) is 15.1. The highest BCUT2D eigenvalue weighted by Gasteiger charge is 2.44. The van der Waals surface area contributed by atoms with Crippen molar-refractivity contribution in [3.63, 3.8) is 0 Å². The molecule has 2 fully saturated rings. The summed E-state index contributed by atoms with van der Waals surface area (Å²) in [6.45, 7) is 1.00. The van der Waals surface area contributed by atoms with Crippen molar-refractivity contribution in [1.82, 2.24) is 0 Å². The SMILES string of the molecule is OC12CCCCC1CN(c1ccccc1C(F)(F)F)CC2. The lowest BCUT2D eigenvalue weighted by molar-refractivity contribution is -0.137. The lowest BCUT2D eigenvalue weighted by Crippen LogP contribution is -2.53. The van der Waals surface area contributed by atoms with E-state index in [2.05, 4.69) is 0 Å². The van der Waals surface area contributed by atoms with Crippen molar-refractivity contribution >= 4 is 5.69 Å². The van der Waals surface area contributed by atoms with Gasteiger partial charge in [-0.05, 0) is 31.4 Å². The van der Waals surface area contributed by atoms with Gasteiger partial charge in [0, 0.05) is 24.7 Å². The van der Waals surface area contributed by atoms with Crippen LogP contribution in [0.15, 0.2) is 24.3 Å². The van der Waals surface area contributed by atoms with Gasteiger partial charge in [0.15, 0.2) is 0 Å². The van der Waals surface area contributed by atoms with Crippen LogP contribution in [-0.2, 0) is 6.18 Å². The third kappa shape index (κ3) is 2.76. The largest absolute Gasteiger partial charge is 0.418 e. The first-order valence-corrected chi connectivity index (χ1v) is 7.54. The molecule has 5 heteroatoms. The molecule has 1 aliphatic carbocycles. The molecule has 0 aromatic heterocycles. The fraction of sp³-hybridized carbons (Fsp3) is 0.625. The third-order valence-electron chi connectivity index (χ3n) is 4.98. The summed E-state index contributed by atoms with van der Waals surface area (Å²) in [5.41, 5.74) is -0.995. The molecule has 0 bridgehead atoms. The number of benzene rings is 1. The normalized spacial score (nSPS) is 30.1. The van der Waals surface area contributed by atoms with Gasteiger partial charge in [0.05, 0.1) is 11.2 Å². The molecule has 21 heavy (non-hydrogen) atoms. The monoisotopic (exact) mass is 299 g/mol. The second kappa shape index (κ2) is 5.20. The molecule has 1 saturated heterocycles.